The summed E-state index contributed by atoms with van der Waals surface area (Å²) in [5.74, 6) is 0. The highest BCUT2D eigenvalue weighted by Gasteiger charge is 2.13. The summed E-state index contributed by atoms with van der Waals surface area (Å²) in [6, 6.07) is 6.40. The van der Waals surface area contributed by atoms with E-state index >= 15 is 0 Å². The van der Waals surface area contributed by atoms with Gasteiger partial charge in [0.15, 0.2) is 0 Å². The Morgan fingerprint density at radius 1 is 1.35 bits per heavy atom. The summed E-state index contributed by atoms with van der Waals surface area (Å²) in [7, 11) is -0.283. The maximum absolute atomic E-state index is 11.7. The van der Waals surface area contributed by atoms with E-state index in [9.17, 15) is 8.42 Å². The van der Waals surface area contributed by atoms with Crippen LogP contribution >= 0.6 is 0 Å². The molecule has 0 bridgehead atoms. The Morgan fingerprint density at radius 2 is 2.10 bits per heavy atom. The topological polar surface area (TPSA) is 102 Å². The van der Waals surface area contributed by atoms with Gasteiger partial charge >= 0.3 is 0 Å². The Morgan fingerprint density at radius 3 is 2.70 bits per heavy atom. The number of aryl methyl sites for hydroxylation is 1. The number of sulfonamides is 1. The second-order valence-electron chi connectivity index (χ2n) is 4.29. The van der Waals surface area contributed by atoms with Crippen LogP contribution < -0.4 is 15.8 Å². The lowest BCUT2D eigenvalue weighted by molar-refractivity contribution is 0.588. The smallest absolute Gasteiger partial charge is 0.240 e. The summed E-state index contributed by atoms with van der Waals surface area (Å²) in [6.07, 6.45) is 1.84. The highest BCUT2D eigenvalue weighted by molar-refractivity contribution is 7.89. The lowest BCUT2D eigenvalue weighted by atomic mass is 10.2. The molecule has 0 atom stereocenters. The lowest BCUT2D eigenvalue weighted by Gasteiger charge is -2.10. The summed E-state index contributed by atoms with van der Waals surface area (Å²) < 4.78 is 27.5. The number of nitrogens with one attached hydrogen (secondary N) is 2. The van der Waals surface area contributed by atoms with Crippen LogP contribution in [0.3, 0.4) is 0 Å². The fourth-order valence-electron chi connectivity index (χ4n) is 1.72. The molecule has 4 N–H and O–H groups in total. The number of aromatic nitrogens is 2. The van der Waals surface area contributed by atoms with Gasteiger partial charge in [0.25, 0.3) is 0 Å². The highest BCUT2D eigenvalue weighted by Crippen LogP contribution is 2.23. The number of rotatable bonds is 5. The van der Waals surface area contributed by atoms with Crippen molar-refractivity contribution in [1.82, 2.24) is 14.5 Å². The van der Waals surface area contributed by atoms with Crippen molar-refractivity contribution >= 4 is 21.4 Å². The molecule has 0 fully saturated rings. The van der Waals surface area contributed by atoms with Gasteiger partial charge in [-0.15, -0.1) is 0 Å². The number of nitrogens with two attached hydrogens (primary N) is 1. The number of hydrogen-bond acceptors (Lipinski definition) is 5. The summed E-state index contributed by atoms with van der Waals surface area (Å²) >= 11 is 0. The first-order valence-corrected chi connectivity index (χ1v) is 7.46. The maximum Gasteiger partial charge on any atom is 0.240 e. The van der Waals surface area contributed by atoms with Gasteiger partial charge in [0.1, 0.15) is 0 Å². The number of benzene rings is 1. The predicted octanol–water partition coefficient (Wildman–Crippen LogP) is 0.522. The monoisotopic (exact) mass is 295 g/mol. The van der Waals surface area contributed by atoms with Gasteiger partial charge in [0.2, 0.25) is 10.0 Å². The normalized spacial score (nSPS) is 11.5. The van der Waals surface area contributed by atoms with Gasteiger partial charge in [-0.05, 0) is 31.3 Å². The van der Waals surface area contributed by atoms with Crippen molar-refractivity contribution in [2.75, 3.05) is 18.1 Å². The van der Waals surface area contributed by atoms with Crippen molar-refractivity contribution < 1.29 is 8.42 Å². The Balaban J connectivity index is 2.21. The number of anilines is 2. The molecule has 108 valence electrons. The summed E-state index contributed by atoms with van der Waals surface area (Å²) in [5, 5.41) is 7.31. The fourth-order valence-corrected chi connectivity index (χ4v) is 2.47. The van der Waals surface area contributed by atoms with Gasteiger partial charge in [0.05, 0.1) is 28.5 Å². The molecule has 0 aliphatic carbocycles. The van der Waals surface area contributed by atoms with Crippen molar-refractivity contribution in [2.24, 2.45) is 7.05 Å². The van der Waals surface area contributed by atoms with Crippen LogP contribution in [-0.4, -0.2) is 25.2 Å². The molecule has 0 unspecified atom stereocenters. The molecule has 0 radical (unpaired) electrons. The fraction of sp³-hybridized carbons (Fsp3) is 0.250. The Labute approximate surface area is 117 Å². The minimum absolute atomic E-state index is 0.165. The van der Waals surface area contributed by atoms with Crippen molar-refractivity contribution in [3.8, 4) is 0 Å². The van der Waals surface area contributed by atoms with Crippen LogP contribution in [0.2, 0.25) is 0 Å². The van der Waals surface area contributed by atoms with Crippen LogP contribution in [0.5, 0.6) is 0 Å². The van der Waals surface area contributed by atoms with Gasteiger partial charge in [-0.1, -0.05) is 0 Å². The van der Waals surface area contributed by atoms with E-state index in [2.05, 4.69) is 15.1 Å². The predicted molar refractivity (Wildman–Crippen MR) is 77.6 cm³/mol. The molecule has 8 heteroatoms. The van der Waals surface area contributed by atoms with Crippen molar-refractivity contribution in [3.63, 3.8) is 0 Å². The van der Waals surface area contributed by atoms with E-state index in [0.29, 0.717) is 17.9 Å². The van der Waals surface area contributed by atoms with E-state index in [1.54, 1.807) is 10.7 Å². The van der Waals surface area contributed by atoms with E-state index < -0.39 is 10.0 Å². The third-order valence-electron chi connectivity index (χ3n) is 2.83. The van der Waals surface area contributed by atoms with E-state index in [1.165, 1.54) is 19.2 Å². The Kier molecular flexibility index (Phi) is 3.96. The van der Waals surface area contributed by atoms with Crippen LogP contribution in [0, 0.1) is 0 Å². The highest BCUT2D eigenvalue weighted by atomic mass is 32.2. The average Bonchev–Trinajstić information content (AvgIpc) is 2.83. The average molecular weight is 295 g/mol. The maximum atomic E-state index is 11.7. The van der Waals surface area contributed by atoms with Crippen LogP contribution in [0.25, 0.3) is 0 Å². The van der Waals surface area contributed by atoms with Gasteiger partial charge < -0.3 is 11.1 Å². The molecule has 2 rings (SSSR count). The standard InChI is InChI=1S/C12H17N5O2S/c1-14-20(18,19)10-3-4-11(13)12(7-10)15-8-9-5-6-17(2)16-9/h3-7,14-15H,8,13H2,1-2H3. The molecule has 2 aromatic rings. The molecule has 0 aliphatic heterocycles. The van der Waals surface area contributed by atoms with Crippen LogP contribution in [0.15, 0.2) is 35.4 Å². The third-order valence-corrected chi connectivity index (χ3v) is 4.24. The minimum atomic E-state index is -3.48. The van der Waals surface area contributed by atoms with Crippen molar-refractivity contribution in [1.29, 1.82) is 0 Å². The van der Waals surface area contributed by atoms with Crippen molar-refractivity contribution in [3.05, 3.63) is 36.2 Å². The van der Waals surface area contributed by atoms with Gasteiger partial charge in [-0.3, -0.25) is 4.68 Å². The number of nitrogen functional groups attached to an aromatic ring is 1. The quantitative estimate of drug-likeness (QED) is 0.698. The van der Waals surface area contributed by atoms with E-state index in [0.717, 1.165) is 5.69 Å². The second-order valence-corrected chi connectivity index (χ2v) is 6.18. The molecule has 1 aromatic carbocycles. The zero-order valence-corrected chi connectivity index (χ0v) is 12.1. The van der Waals surface area contributed by atoms with Crippen molar-refractivity contribution in [2.45, 2.75) is 11.4 Å². The van der Waals surface area contributed by atoms with Gasteiger partial charge in [-0.2, -0.15) is 5.10 Å². The first-order chi connectivity index (χ1) is 9.42. The Hall–Kier alpha value is -2.06. The molecular weight excluding hydrogens is 278 g/mol. The third kappa shape index (κ3) is 3.09. The van der Waals surface area contributed by atoms with Gasteiger partial charge in [0, 0.05) is 13.2 Å². The zero-order chi connectivity index (χ0) is 14.8. The largest absolute Gasteiger partial charge is 0.397 e. The number of nitrogens with zero attached hydrogens (tertiary/aromatic N) is 2. The second kappa shape index (κ2) is 5.51. The first-order valence-electron chi connectivity index (χ1n) is 5.98. The lowest BCUT2D eigenvalue weighted by Crippen LogP contribution is -2.18. The molecule has 7 nitrogen and oxygen atoms in total. The molecule has 0 spiro atoms. The van der Waals surface area contributed by atoms with E-state index in [-0.39, 0.29) is 4.90 Å². The van der Waals surface area contributed by atoms with Crippen LogP contribution in [0.4, 0.5) is 11.4 Å². The molecule has 1 aromatic heterocycles. The van der Waals surface area contributed by atoms with E-state index in [1.807, 2.05) is 19.3 Å². The molecule has 1 heterocycles. The molecule has 20 heavy (non-hydrogen) atoms. The molecule has 0 saturated carbocycles. The molecule has 0 saturated heterocycles. The van der Waals surface area contributed by atoms with Gasteiger partial charge in [-0.25, -0.2) is 13.1 Å². The Bertz CT molecular complexity index is 708. The molecule has 0 amide bonds. The van der Waals surface area contributed by atoms with Crippen LogP contribution in [0.1, 0.15) is 5.69 Å². The summed E-state index contributed by atoms with van der Waals surface area (Å²) in [6.45, 7) is 0.466. The summed E-state index contributed by atoms with van der Waals surface area (Å²) in [4.78, 5) is 0.165. The SMILES string of the molecule is CNS(=O)(=O)c1ccc(N)c(NCc2ccn(C)n2)c1. The van der Waals surface area contributed by atoms with Crippen LogP contribution in [-0.2, 0) is 23.6 Å². The minimum Gasteiger partial charge on any atom is -0.397 e. The first kappa shape index (κ1) is 14.4. The zero-order valence-electron chi connectivity index (χ0n) is 11.3. The summed E-state index contributed by atoms with van der Waals surface area (Å²) in [5.41, 5.74) is 7.73. The number of hydrogen-bond donors (Lipinski definition) is 3. The molecule has 0 aliphatic rings. The molecular formula is C12H17N5O2S. The van der Waals surface area contributed by atoms with E-state index in [4.69, 9.17) is 5.73 Å².